The van der Waals surface area contributed by atoms with Crippen molar-refractivity contribution in [2.45, 2.75) is 26.4 Å². The minimum absolute atomic E-state index is 0.106. The predicted octanol–water partition coefficient (Wildman–Crippen LogP) is 2.90. The average Bonchev–Trinajstić information content (AvgIpc) is 2.86. The SMILES string of the molecule is CC(C)[C@H](NC(=O)c1ccc(C=CC#Cc2ccc(CN3CCOCC3)cc2)cc1)C(=O)CO. The van der Waals surface area contributed by atoms with Crippen LogP contribution >= 0.6 is 0 Å². The molecule has 0 saturated carbocycles. The second-order valence-electron chi connectivity index (χ2n) is 8.63. The highest BCUT2D eigenvalue weighted by Gasteiger charge is 2.23. The fourth-order valence-electron chi connectivity index (χ4n) is 3.66. The van der Waals surface area contributed by atoms with Crippen LogP contribution in [0.15, 0.2) is 54.6 Å². The van der Waals surface area contributed by atoms with Crippen molar-refractivity contribution in [3.05, 3.63) is 76.9 Å². The summed E-state index contributed by atoms with van der Waals surface area (Å²) >= 11 is 0. The van der Waals surface area contributed by atoms with Crippen LogP contribution in [-0.2, 0) is 16.1 Å². The lowest BCUT2D eigenvalue weighted by Crippen LogP contribution is -2.45. The Bertz CT molecular complexity index is 1040. The second-order valence-corrected chi connectivity index (χ2v) is 8.63. The number of nitrogens with one attached hydrogen (secondary N) is 1. The number of ether oxygens (including phenoxy) is 1. The summed E-state index contributed by atoms with van der Waals surface area (Å²) in [5.41, 5.74) is 3.60. The van der Waals surface area contributed by atoms with E-state index in [9.17, 15) is 9.59 Å². The van der Waals surface area contributed by atoms with Crippen LogP contribution in [0, 0.1) is 17.8 Å². The molecule has 0 aromatic heterocycles. The van der Waals surface area contributed by atoms with E-state index in [-0.39, 0.29) is 11.8 Å². The molecule has 6 nitrogen and oxygen atoms in total. The van der Waals surface area contributed by atoms with E-state index in [4.69, 9.17) is 9.84 Å². The molecular formula is C28H32N2O4. The van der Waals surface area contributed by atoms with Crippen molar-refractivity contribution < 1.29 is 19.4 Å². The molecule has 2 N–H and O–H groups in total. The number of hydrogen-bond donors (Lipinski definition) is 2. The Morgan fingerprint density at radius 1 is 1.09 bits per heavy atom. The van der Waals surface area contributed by atoms with E-state index in [1.54, 1.807) is 18.2 Å². The molecule has 1 fully saturated rings. The van der Waals surface area contributed by atoms with Crippen molar-refractivity contribution in [1.82, 2.24) is 10.2 Å². The molecule has 1 aliphatic rings. The van der Waals surface area contributed by atoms with E-state index in [0.717, 1.165) is 44.0 Å². The van der Waals surface area contributed by atoms with Gasteiger partial charge in [0.05, 0.1) is 19.3 Å². The first-order valence-corrected chi connectivity index (χ1v) is 11.6. The van der Waals surface area contributed by atoms with Crippen molar-refractivity contribution >= 4 is 17.8 Å². The fraction of sp³-hybridized carbons (Fsp3) is 0.357. The summed E-state index contributed by atoms with van der Waals surface area (Å²) in [4.78, 5) is 26.7. The summed E-state index contributed by atoms with van der Waals surface area (Å²) in [5.74, 6) is 5.34. The maximum atomic E-state index is 12.5. The Kier molecular flexibility index (Phi) is 9.60. The number of morpholine rings is 1. The molecule has 2 aromatic rings. The molecule has 1 amide bonds. The lowest BCUT2D eigenvalue weighted by Gasteiger charge is -2.26. The molecule has 1 saturated heterocycles. The molecule has 34 heavy (non-hydrogen) atoms. The molecule has 0 unspecified atom stereocenters. The Hall–Kier alpha value is -3.24. The third-order valence-electron chi connectivity index (χ3n) is 5.67. The first-order chi connectivity index (χ1) is 16.5. The van der Waals surface area contributed by atoms with Crippen molar-refractivity contribution in [2.24, 2.45) is 5.92 Å². The van der Waals surface area contributed by atoms with Crippen LogP contribution in [0.4, 0.5) is 0 Å². The Labute approximate surface area is 201 Å². The van der Waals surface area contributed by atoms with Gasteiger partial charge in [-0.3, -0.25) is 14.5 Å². The molecule has 6 heteroatoms. The summed E-state index contributed by atoms with van der Waals surface area (Å²) in [6.45, 7) is 7.54. The fourth-order valence-corrected chi connectivity index (χ4v) is 3.66. The summed E-state index contributed by atoms with van der Waals surface area (Å²) < 4.78 is 5.39. The number of nitrogens with zero attached hydrogens (tertiary/aromatic N) is 1. The Balaban J connectivity index is 1.52. The summed E-state index contributed by atoms with van der Waals surface area (Å²) in [5, 5.41) is 11.8. The monoisotopic (exact) mass is 460 g/mol. The van der Waals surface area contributed by atoms with Gasteiger partial charge in [-0.05, 0) is 53.5 Å². The molecule has 178 valence electrons. The Morgan fingerprint density at radius 3 is 2.38 bits per heavy atom. The van der Waals surface area contributed by atoms with Crippen LogP contribution in [0.5, 0.6) is 0 Å². The van der Waals surface area contributed by atoms with Crippen LogP contribution in [0.25, 0.3) is 6.08 Å². The van der Waals surface area contributed by atoms with Crippen molar-refractivity contribution in [1.29, 1.82) is 0 Å². The van der Waals surface area contributed by atoms with E-state index < -0.39 is 18.4 Å². The van der Waals surface area contributed by atoms with E-state index >= 15 is 0 Å². The van der Waals surface area contributed by atoms with Crippen LogP contribution < -0.4 is 5.32 Å². The molecule has 1 heterocycles. The Morgan fingerprint density at radius 2 is 1.76 bits per heavy atom. The second kappa shape index (κ2) is 12.9. The number of carbonyl (C=O) groups is 2. The molecular weight excluding hydrogens is 428 g/mol. The summed E-state index contributed by atoms with van der Waals surface area (Å²) in [6.07, 6.45) is 3.67. The van der Waals surface area contributed by atoms with E-state index in [1.165, 1.54) is 5.56 Å². The summed E-state index contributed by atoms with van der Waals surface area (Å²) in [6, 6.07) is 14.7. The normalized spacial score (nSPS) is 15.1. The van der Waals surface area contributed by atoms with Gasteiger partial charge in [-0.15, -0.1) is 0 Å². The maximum Gasteiger partial charge on any atom is 0.251 e. The van der Waals surface area contributed by atoms with Crippen LogP contribution in [0.2, 0.25) is 0 Å². The largest absolute Gasteiger partial charge is 0.389 e. The van der Waals surface area contributed by atoms with Gasteiger partial charge in [0.25, 0.3) is 5.91 Å². The first-order valence-electron chi connectivity index (χ1n) is 11.6. The quantitative estimate of drug-likeness (QED) is 0.593. The molecule has 2 aromatic carbocycles. The van der Waals surface area contributed by atoms with E-state index in [1.807, 2.05) is 44.2 Å². The number of allylic oxidation sites excluding steroid dienone is 1. The first kappa shape index (κ1) is 25.4. The van der Waals surface area contributed by atoms with Crippen molar-refractivity contribution in [3.8, 4) is 11.8 Å². The number of ketones is 1. The average molecular weight is 461 g/mol. The number of carbonyl (C=O) groups excluding carboxylic acids is 2. The lowest BCUT2D eigenvalue weighted by molar-refractivity contribution is -0.124. The van der Waals surface area contributed by atoms with Gasteiger partial charge in [-0.2, -0.15) is 0 Å². The third-order valence-corrected chi connectivity index (χ3v) is 5.67. The number of amides is 1. The van der Waals surface area contributed by atoms with Gasteiger partial charge in [0.1, 0.15) is 6.61 Å². The van der Waals surface area contributed by atoms with Gasteiger partial charge in [-0.25, -0.2) is 0 Å². The lowest BCUT2D eigenvalue weighted by atomic mass is 9.99. The highest BCUT2D eigenvalue weighted by molar-refractivity contribution is 5.98. The zero-order valence-electron chi connectivity index (χ0n) is 19.8. The maximum absolute atomic E-state index is 12.5. The molecule has 1 atom stereocenters. The molecule has 0 radical (unpaired) electrons. The molecule has 0 spiro atoms. The van der Waals surface area contributed by atoms with Crippen LogP contribution in [-0.4, -0.2) is 60.6 Å². The molecule has 3 rings (SSSR count). The van der Waals surface area contributed by atoms with Crippen LogP contribution in [0.3, 0.4) is 0 Å². The zero-order valence-corrected chi connectivity index (χ0v) is 19.8. The summed E-state index contributed by atoms with van der Waals surface area (Å²) in [7, 11) is 0. The van der Waals surface area contributed by atoms with Crippen molar-refractivity contribution in [2.75, 3.05) is 32.9 Å². The van der Waals surface area contributed by atoms with Gasteiger partial charge in [0.15, 0.2) is 5.78 Å². The van der Waals surface area contributed by atoms with Gasteiger partial charge < -0.3 is 15.2 Å². The van der Waals surface area contributed by atoms with Gasteiger partial charge in [0.2, 0.25) is 0 Å². The van der Waals surface area contributed by atoms with Crippen molar-refractivity contribution in [3.63, 3.8) is 0 Å². The number of rotatable bonds is 8. The highest BCUT2D eigenvalue weighted by atomic mass is 16.5. The smallest absolute Gasteiger partial charge is 0.251 e. The molecule has 1 aliphatic heterocycles. The topological polar surface area (TPSA) is 78.9 Å². The van der Waals surface area contributed by atoms with E-state index in [2.05, 4.69) is 34.2 Å². The molecule has 0 aliphatic carbocycles. The standard InChI is InChI=1S/C28H32N2O4/c1-21(2)27(26(32)20-31)29-28(33)25-13-11-23(12-14-25)6-4-3-5-22-7-9-24(10-8-22)19-30-15-17-34-18-16-30/h4,6-14,21,27,31H,15-20H2,1-2H3,(H,29,33)/t27-/m0/s1. The number of hydrogen-bond acceptors (Lipinski definition) is 5. The number of aliphatic hydroxyl groups is 1. The predicted molar refractivity (Wildman–Crippen MR) is 133 cm³/mol. The van der Waals surface area contributed by atoms with E-state index in [0.29, 0.717) is 5.56 Å². The van der Waals surface area contributed by atoms with Gasteiger partial charge in [-0.1, -0.05) is 50.0 Å². The number of aliphatic hydroxyl groups excluding tert-OH is 1. The minimum Gasteiger partial charge on any atom is -0.389 e. The number of benzene rings is 2. The van der Waals surface area contributed by atoms with Gasteiger partial charge >= 0.3 is 0 Å². The number of Topliss-reactive ketones (excluding diaryl/α,β-unsaturated/α-hetero) is 1. The molecule has 0 bridgehead atoms. The minimum atomic E-state index is -0.708. The third kappa shape index (κ3) is 7.67. The van der Waals surface area contributed by atoms with Crippen LogP contribution in [0.1, 0.15) is 40.9 Å². The highest BCUT2D eigenvalue weighted by Crippen LogP contribution is 2.10. The zero-order chi connectivity index (χ0) is 24.3. The van der Waals surface area contributed by atoms with Gasteiger partial charge in [0, 0.05) is 30.8 Å².